The summed E-state index contributed by atoms with van der Waals surface area (Å²) in [7, 11) is 0. The van der Waals surface area contributed by atoms with E-state index in [-0.39, 0.29) is 11.4 Å². The molecular formula is C21H17N3O3S. The van der Waals surface area contributed by atoms with E-state index < -0.39 is 11.8 Å². The number of hydrazone groups is 1. The highest BCUT2D eigenvalue weighted by atomic mass is 32.1. The van der Waals surface area contributed by atoms with Gasteiger partial charge in [-0.25, -0.2) is 5.43 Å². The van der Waals surface area contributed by atoms with E-state index in [1.807, 2.05) is 17.5 Å². The van der Waals surface area contributed by atoms with Crippen LogP contribution in [0, 0.1) is 0 Å². The first-order valence-electron chi connectivity index (χ1n) is 8.36. The van der Waals surface area contributed by atoms with Crippen LogP contribution in [0.4, 0.5) is 0 Å². The summed E-state index contributed by atoms with van der Waals surface area (Å²) in [6.07, 6.45) is 2.91. The van der Waals surface area contributed by atoms with E-state index in [0.717, 1.165) is 4.88 Å². The first kappa shape index (κ1) is 19.1. The standard InChI is InChI=1S/C21H17N3O3S/c25-19-11-5-4-9-16(19)14-22-24-21(27)18(13-17-10-6-12-28-17)23-20(26)15-7-2-1-3-8-15/h1-14,25H,(H,23,26)(H,24,27). The van der Waals surface area contributed by atoms with Crippen LogP contribution in [0.2, 0.25) is 0 Å². The van der Waals surface area contributed by atoms with Crippen molar-refractivity contribution >= 4 is 35.4 Å². The van der Waals surface area contributed by atoms with Crippen molar-refractivity contribution in [2.45, 2.75) is 0 Å². The maximum absolute atomic E-state index is 12.5. The van der Waals surface area contributed by atoms with Crippen LogP contribution in [0.15, 0.2) is 82.9 Å². The van der Waals surface area contributed by atoms with Gasteiger partial charge in [-0.05, 0) is 41.8 Å². The number of amides is 2. The van der Waals surface area contributed by atoms with Gasteiger partial charge in [0.1, 0.15) is 11.4 Å². The zero-order valence-corrected chi connectivity index (χ0v) is 15.5. The smallest absolute Gasteiger partial charge is 0.287 e. The predicted molar refractivity (Wildman–Crippen MR) is 110 cm³/mol. The Kier molecular flexibility index (Phi) is 6.33. The Morgan fingerprint density at radius 3 is 2.43 bits per heavy atom. The largest absolute Gasteiger partial charge is 0.507 e. The second-order valence-electron chi connectivity index (χ2n) is 5.65. The lowest BCUT2D eigenvalue weighted by molar-refractivity contribution is -0.117. The molecule has 0 saturated carbocycles. The fourth-order valence-corrected chi connectivity index (χ4v) is 2.93. The molecule has 0 aliphatic rings. The number of rotatable bonds is 6. The highest BCUT2D eigenvalue weighted by Crippen LogP contribution is 2.14. The summed E-state index contributed by atoms with van der Waals surface area (Å²) in [6, 6.07) is 18.9. The minimum atomic E-state index is -0.579. The second kappa shape index (κ2) is 9.29. The summed E-state index contributed by atoms with van der Waals surface area (Å²) in [4.78, 5) is 25.8. The third-order valence-electron chi connectivity index (χ3n) is 3.67. The highest BCUT2D eigenvalue weighted by Gasteiger charge is 2.14. The van der Waals surface area contributed by atoms with Crippen molar-refractivity contribution in [2.24, 2.45) is 5.10 Å². The molecule has 0 fully saturated rings. The molecule has 3 N–H and O–H groups in total. The fourth-order valence-electron chi connectivity index (χ4n) is 2.28. The second-order valence-corrected chi connectivity index (χ2v) is 6.63. The minimum Gasteiger partial charge on any atom is -0.507 e. The number of para-hydroxylation sites is 1. The van der Waals surface area contributed by atoms with Gasteiger partial charge in [0, 0.05) is 16.0 Å². The van der Waals surface area contributed by atoms with Gasteiger partial charge in [-0.1, -0.05) is 36.4 Å². The van der Waals surface area contributed by atoms with Crippen molar-refractivity contribution in [3.8, 4) is 5.75 Å². The van der Waals surface area contributed by atoms with Crippen LogP contribution in [0.25, 0.3) is 6.08 Å². The van der Waals surface area contributed by atoms with E-state index in [9.17, 15) is 14.7 Å². The zero-order valence-electron chi connectivity index (χ0n) is 14.7. The van der Waals surface area contributed by atoms with Crippen molar-refractivity contribution in [3.05, 3.63) is 93.8 Å². The van der Waals surface area contributed by atoms with Crippen LogP contribution in [0.1, 0.15) is 20.8 Å². The Hall–Kier alpha value is -3.71. The molecule has 3 rings (SSSR count). The Bertz CT molecular complexity index is 1010. The predicted octanol–water partition coefficient (Wildman–Crippen LogP) is 3.37. The van der Waals surface area contributed by atoms with E-state index >= 15 is 0 Å². The summed E-state index contributed by atoms with van der Waals surface area (Å²) in [5.41, 5.74) is 3.32. The van der Waals surface area contributed by atoms with Crippen LogP contribution in [0.3, 0.4) is 0 Å². The van der Waals surface area contributed by atoms with Gasteiger partial charge in [0.15, 0.2) is 0 Å². The Morgan fingerprint density at radius 2 is 1.71 bits per heavy atom. The molecule has 3 aromatic rings. The molecule has 6 nitrogen and oxygen atoms in total. The number of thiophene rings is 1. The van der Waals surface area contributed by atoms with Gasteiger partial charge in [0.25, 0.3) is 11.8 Å². The minimum absolute atomic E-state index is 0.0484. The van der Waals surface area contributed by atoms with E-state index in [1.54, 1.807) is 54.6 Å². The van der Waals surface area contributed by atoms with Crippen LogP contribution in [-0.2, 0) is 4.79 Å². The fraction of sp³-hybridized carbons (Fsp3) is 0. The van der Waals surface area contributed by atoms with Gasteiger partial charge in [0.2, 0.25) is 0 Å². The van der Waals surface area contributed by atoms with Crippen LogP contribution in [-0.4, -0.2) is 23.1 Å². The molecule has 1 heterocycles. The third-order valence-corrected chi connectivity index (χ3v) is 4.48. The average molecular weight is 391 g/mol. The summed E-state index contributed by atoms with van der Waals surface area (Å²) >= 11 is 1.44. The van der Waals surface area contributed by atoms with E-state index in [0.29, 0.717) is 11.1 Å². The molecule has 2 amide bonds. The molecule has 1 aromatic heterocycles. The molecule has 0 unspecified atom stereocenters. The van der Waals surface area contributed by atoms with Crippen LogP contribution in [0.5, 0.6) is 5.75 Å². The number of carbonyl (C=O) groups excluding carboxylic acids is 2. The topological polar surface area (TPSA) is 90.8 Å². The van der Waals surface area contributed by atoms with Gasteiger partial charge in [-0.3, -0.25) is 9.59 Å². The monoisotopic (exact) mass is 391 g/mol. The number of phenols is 1. The summed E-state index contributed by atoms with van der Waals surface area (Å²) in [5.74, 6) is -0.931. The molecular weight excluding hydrogens is 374 g/mol. The molecule has 140 valence electrons. The van der Waals surface area contributed by atoms with Gasteiger partial charge in [0.05, 0.1) is 6.21 Å². The number of nitrogens with one attached hydrogen (secondary N) is 2. The van der Waals surface area contributed by atoms with E-state index in [1.165, 1.54) is 23.6 Å². The molecule has 0 aliphatic carbocycles. The lowest BCUT2D eigenvalue weighted by Gasteiger charge is -2.08. The van der Waals surface area contributed by atoms with Crippen molar-refractivity contribution < 1.29 is 14.7 Å². The molecule has 0 spiro atoms. The summed E-state index contributed by atoms with van der Waals surface area (Å²) in [6.45, 7) is 0. The van der Waals surface area contributed by atoms with Crippen molar-refractivity contribution in [1.82, 2.24) is 10.7 Å². The van der Waals surface area contributed by atoms with Crippen LogP contribution >= 0.6 is 11.3 Å². The van der Waals surface area contributed by atoms with Gasteiger partial charge in [-0.15, -0.1) is 11.3 Å². The van der Waals surface area contributed by atoms with Crippen LogP contribution < -0.4 is 10.7 Å². The molecule has 0 atom stereocenters. The zero-order chi connectivity index (χ0) is 19.8. The Balaban J connectivity index is 1.76. The molecule has 0 aliphatic heterocycles. The number of hydrogen-bond acceptors (Lipinski definition) is 5. The Labute approximate surface area is 165 Å². The molecule has 0 saturated heterocycles. The molecule has 28 heavy (non-hydrogen) atoms. The van der Waals surface area contributed by atoms with Gasteiger partial charge in [-0.2, -0.15) is 5.10 Å². The Morgan fingerprint density at radius 1 is 0.964 bits per heavy atom. The maximum Gasteiger partial charge on any atom is 0.287 e. The first-order chi connectivity index (χ1) is 13.6. The molecule has 7 heteroatoms. The van der Waals surface area contributed by atoms with Gasteiger partial charge >= 0.3 is 0 Å². The van der Waals surface area contributed by atoms with E-state index in [2.05, 4.69) is 15.8 Å². The summed E-state index contributed by atoms with van der Waals surface area (Å²) in [5, 5.41) is 18.1. The molecule has 0 radical (unpaired) electrons. The van der Waals surface area contributed by atoms with Crippen molar-refractivity contribution in [2.75, 3.05) is 0 Å². The lowest BCUT2D eigenvalue weighted by Crippen LogP contribution is -2.32. The third kappa shape index (κ3) is 5.15. The van der Waals surface area contributed by atoms with E-state index in [4.69, 9.17) is 0 Å². The first-order valence-corrected chi connectivity index (χ1v) is 9.24. The van der Waals surface area contributed by atoms with Crippen molar-refractivity contribution in [1.29, 1.82) is 0 Å². The van der Waals surface area contributed by atoms with Gasteiger partial charge < -0.3 is 10.4 Å². The number of hydrogen-bond donors (Lipinski definition) is 3. The number of benzene rings is 2. The lowest BCUT2D eigenvalue weighted by atomic mass is 10.2. The number of phenolic OH excluding ortho intramolecular Hbond substituents is 1. The number of carbonyl (C=O) groups is 2. The summed E-state index contributed by atoms with van der Waals surface area (Å²) < 4.78 is 0. The average Bonchev–Trinajstić information content (AvgIpc) is 3.22. The SMILES string of the molecule is O=C(NN=Cc1ccccc1O)C(=Cc1cccs1)NC(=O)c1ccccc1. The number of aromatic hydroxyl groups is 1. The molecule has 2 aromatic carbocycles. The highest BCUT2D eigenvalue weighted by molar-refractivity contribution is 7.10. The normalized spacial score (nSPS) is 11.4. The van der Waals surface area contributed by atoms with Crippen molar-refractivity contribution in [3.63, 3.8) is 0 Å². The maximum atomic E-state index is 12.5. The molecule has 0 bridgehead atoms. The number of nitrogens with zero attached hydrogens (tertiary/aromatic N) is 1. The quantitative estimate of drug-likeness (QED) is 0.342.